The van der Waals surface area contributed by atoms with Gasteiger partial charge in [-0.15, -0.1) is 0 Å². The molecule has 0 unspecified atom stereocenters. The Kier molecular flexibility index (Phi) is 2.88. The van der Waals surface area contributed by atoms with Crippen molar-refractivity contribution in [3.8, 4) is 0 Å². The first-order chi connectivity index (χ1) is 7.29. The molecule has 2 nitrogen and oxygen atoms in total. The maximum atomic E-state index is 10.1. The maximum absolute atomic E-state index is 10.1. The van der Waals surface area contributed by atoms with Gasteiger partial charge >= 0.3 is 0 Å². The van der Waals surface area contributed by atoms with Crippen LogP contribution in [0.3, 0.4) is 0 Å². The molecule has 1 aromatic heterocycles. The summed E-state index contributed by atoms with van der Waals surface area (Å²) in [6.07, 6.45) is 2.66. The van der Waals surface area contributed by atoms with E-state index in [1.54, 1.807) is 18.6 Å². The van der Waals surface area contributed by atoms with Crippen LogP contribution in [0.2, 0.25) is 0 Å². The smallest absolute Gasteiger partial charge is 0.0960 e. The summed E-state index contributed by atoms with van der Waals surface area (Å²) in [4.78, 5) is 0. The molecular weight excluding hydrogens is 188 g/mol. The zero-order valence-corrected chi connectivity index (χ0v) is 8.63. The van der Waals surface area contributed by atoms with E-state index < -0.39 is 6.10 Å². The average molecular weight is 202 g/mol. The van der Waals surface area contributed by atoms with Crippen LogP contribution in [0.4, 0.5) is 0 Å². The Morgan fingerprint density at radius 2 is 1.80 bits per heavy atom. The monoisotopic (exact) mass is 202 g/mol. The summed E-state index contributed by atoms with van der Waals surface area (Å²) in [5.41, 5.74) is 1.96. The standard InChI is InChI=1S/C13H14O2/c1-10(11-5-3-2-4-6-11)13(14)12-7-8-15-9-12/h2-10,13-14H,1H3/t10-,13-/m1/s1. The molecule has 0 aliphatic heterocycles. The van der Waals surface area contributed by atoms with E-state index in [-0.39, 0.29) is 5.92 Å². The molecule has 2 rings (SSSR count). The van der Waals surface area contributed by atoms with Crippen LogP contribution in [0.1, 0.15) is 30.1 Å². The van der Waals surface area contributed by atoms with E-state index in [2.05, 4.69) is 0 Å². The fourth-order valence-electron chi connectivity index (χ4n) is 1.67. The number of aliphatic hydroxyl groups is 1. The molecule has 0 aliphatic rings. The number of hydrogen-bond donors (Lipinski definition) is 1. The molecule has 0 aliphatic carbocycles. The van der Waals surface area contributed by atoms with Crippen LogP contribution in [-0.4, -0.2) is 5.11 Å². The summed E-state index contributed by atoms with van der Waals surface area (Å²) in [7, 11) is 0. The SMILES string of the molecule is C[C@H](c1ccccc1)[C@@H](O)c1ccoc1. The van der Waals surface area contributed by atoms with Crippen LogP contribution in [-0.2, 0) is 0 Å². The van der Waals surface area contributed by atoms with Gasteiger partial charge in [-0.3, -0.25) is 0 Å². The van der Waals surface area contributed by atoms with Gasteiger partial charge in [0.2, 0.25) is 0 Å². The highest BCUT2D eigenvalue weighted by atomic mass is 16.3. The largest absolute Gasteiger partial charge is 0.472 e. The highest BCUT2D eigenvalue weighted by Gasteiger charge is 2.18. The molecule has 1 N–H and O–H groups in total. The van der Waals surface area contributed by atoms with Gasteiger partial charge in [0.25, 0.3) is 0 Å². The minimum absolute atomic E-state index is 0.0730. The Balaban J connectivity index is 2.18. The second-order valence-corrected chi connectivity index (χ2v) is 3.70. The van der Waals surface area contributed by atoms with E-state index in [0.717, 1.165) is 11.1 Å². The Labute approximate surface area is 89.2 Å². The zero-order chi connectivity index (χ0) is 10.7. The molecular formula is C13H14O2. The summed E-state index contributed by atoms with van der Waals surface area (Å²) in [6.45, 7) is 2.01. The Morgan fingerprint density at radius 1 is 1.07 bits per heavy atom. The summed E-state index contributed by atoms with van der Waals surface area (Å²) in [6, 6.07) is 11.8. The molecule has 1 heterocycles. The van der Waals surface area contributed by atoms with Gasteiger partial charge in [0, 0.05) is 11.5 Å². The van der Waals surface area contributed by atoms with Crippen LogP contribution in [0.25, 0.3) is 0 Å². The Hall–Kier alpha value is -1.54. The predicted octanol–water partition coefficient (Wildman–Crippen LogP) is 3.12. The highest BCUT2D eigenvalue weighted by molar-refractivity contribution is 5.23. The first-order valence-electron chi connectivity index (χ1n) is 5.04. The third-order valence-electron chi connectivity index (χ3n) is 2.68. The highest BCUT2D eigenvalue weighted by Crippen LogP contribution is 2.30. The minimum atomic E-state index is -0.508. The van der Waals surface area contributed by atoms with Gasteiger partial charge in [-0.05, 0) is 11.6 Å². The second kappa shape index (κ2) is 4.32. The molecule has 0 saturated carbocycles. The molecule has 0 bridgehead atoms. The van der Waals surface area contributed by atoms with Crippen molar-refractivity contribution in [3.05, 3.63) is 60.1 Å². The molecule has 15 heavy (non-hydrogen) atoms. The second-order valence-electron chi connectivity index (χ2n) is 3.70. The number of hydrogen-bond acceptors (Lipinski definition) is 2. The van der Waals surface area contributed by atoms with Crippen LogP contribution < -0.4 is 0 Å². The third kappa shape index (κ3) is 2.10. The Morgan fingerprint density at radius 3 is 2.40 bits per heavy atom. The van der Waals surface area contributed by atoms with Gasteiger partial charge in [0.1, 0.15) is 0 Å². The molecule has 2 heteroatoms. The average Bonchev–Trinajstić information content (AvgIpc) is 2.82. The molecule has 0 fully saturated rings. The molecule has 78 valence electrons. The first kappa shape index (κ1) is 9.99. The van der Waals surface area contributed by atoms with Crippen molar-refractivity contribution in [2.24, 2.45) is 0 Å². The van der Waals surface area contributed by atoms with Crippen LogP contribution in [0, 0.1) is 0 Å². The topological polar surface area (TPSA) is 33.4 Å². The van der Waals surface area contributed by atoms with E-state index in [4.69, 9.17) is 4.42 Å². The summed E-state index contributed by atoms with van der Waals surface area (Å²) in [5.74, 6) is 0.0730. The minimum Gasteiger partial charge on any atom is -0.472 e. The van der Waals surface area contributed by atoms with Crippen LogP contribution in [0.15, 0.2) is 53.3 Å². The lowest BCUT2D eigenvalue weighted by Crippen LogP contribution is -2.06. The first-order valence-corrected chi connectivity index (χ1v) is 5.04. The van der Waals surface area contributed by atoms with Gasteiger partial charge in [0.15, 0.2) is 0 Å². The number of aliphatic hydroxyl groups excluding tert-OH is 1. The molecule has 0 saturated heterocycles. The lowest BCUT2D eigenvalue weighted by Gasteiger charge is -2.17. The number of benzene rings is 1. The van der Waals surface area contributed by atoms with Crippen LogP contribution >= 0.6 is 0 Å². The molecule has 0 spiro atoms. The quantitative estimate of drug-likeness (QED) is 0.829. The van der Waals surface area contributed by atoms with E-state index in [1.807, 2.05) is 37.3 Å². The van der Waals surface area contributed by atoms with Crippen molar-refractivity contribution >= 4 is 0 Å². The maximum Gasteiger partial charge on any atom is 0.0960 e. The summed E-state index contributed by atoms with van der Waals surface area (Å²) >= 11 is 0. The predicted molar refractivity (Wildman–Crippen MR) is 58.5 cm³/mol. The van der Waals surface area contributed by atoms with Crippen molar-refractivity contribution in [1.29, 1.82) is 0 Å². The van der Waals surface area contributed by atoms with E-state index in [0.29, 0.717) is 0 Å². The summed E-state index contributed by atoms with van der Waals surface area (Å²) < 4.78 is 4.96. The zero-order valence-electron chi connectivity index (χ0n) is 8.63. The normalized spacial score (nSPS) is 14.8. The van der Waals surface area contributed by atoms with Crippen molar-refractivity contribution in [2.45, 2.75) is 18.9 Å². The summed E-state index contributed by atoms with van der Waals surface area (Å²) in [5, 5.41) is 10.1. The number of rotatable bonds is 3. The van der Waals surface area contributed by atoms with Gasteiger partial charge < -0.3 is 9.52 Å². The van der Waals surface area contributed by atoms with E-state index in [1.165, 1.54) is 0 Å². The van der Waals surface area contributed by atoms with Crippen molar-refractivity contribution in [3.63, 3.8) is 0 Å². The van der Waals surface area contributed by atoms with Crippen molar-refractivity contribution in [1.82, 2.24) is 0 Å². The third-order valence-corrected chi connectivity index (χ3v) is 2.68. The molecule has 2 aromatic rings. The van der Waals surface area contributed by atoms with Gasteiger partial charge in [-0.1, -0.05) is 37.3 Å². The van der Waals surface area contributed by atoms with E-state index in [9.17, 15) is 5.11 Å². The van der Waals surface area contributed by atoms with Crippen LogP contribution in [0.5, 0.6) is 0 Å². The molecule has 1 aromatic carbocycles. The number of furan rings is 1. The lowest BCUT2D eigenvalue weighted by molar-refractivity contribution is 0.151. The lowest BCUT2D eigenvalue weighted by atomic mass is 9.92. The van der Waals surface area contributed by atoms with Gasteiger partial charge in [0.05, 0.1) is 18.6 Å². The van der Waals surface area contributed by atoms with E-state index >= 15 is 0 Å². The molecule has 0 radical (unpaired) electrons. The fourth-order valence-corrected chi connectivity index (χ4v) is 1.67. The Bertz CT molecular complexity index is 392. The van der Waals surface area contributed by atoms with Gasteiger partial charge in [-0.2, -0.15) is 0 Å². The van der Waals surface area contributed by atoms with Gasteiger partial charge in [-0.25, -0.2) is 0 Å². The van der Waals surface area contributed by atoms with Crippen molar-refractivity contribution in [2.75, 3.05) is 0 Å². The van der Waals surface area contributed by atoms with Crippen molar-refractivity contribution < 1.29 is 9.52 Å². The molecule has 2 atom stereocenters. The fraction of sp³-hybridized carbons (Fsp3) is 0.231. The molecule has 0 amide bonds.